The standard InChI is InChI=1S/C69H46FN3/c70-58-36-38-62(50-29-33-53(34-30-50)68-21-9-12-40-72-68)66(46-58)57-43-55(60-17-5-4-16-59(60)49-27-31-52(32-28-49)67-20-8-11-39-71-67)42-56(44-57)61-18-6-7-19-63(61)64-37-35-54(69-22-10-13-41-73-69)45-65(64)51-25-23-48(24-26-51)47-14-2-1-3-15-47/h1-46H. The minimum absolute atomic E-state index is 0.305. The van der Waals surface area contributed by atoms with Crippen LogP contribution in [-0.4, -0.2) is 15.0 Å². The summed E-state index contributed by atoms with van der Waals surface area (Å²) in [5.74, 6) is -0.305. The Morgan fingerprint density at radius 2 is 0.521 bits per heavy atom. The molecule has 0 aliphatic heterocycles. The van der Waals surface area contributed by atoms with Crippen LogP contribution in [0.3, 0.4) is 0 Å². The highest BCUT2D eigenvalue weighted by Gasteiger charge is 2.19. The minimum atomic E-state index is -0.305. The monoisotopic (exact) mass is 935 g/mol. The fourth-order valence-electron chi connectivity index (χ4n) is 9.95. The van der Waals surface area contributed by atoms with E-state index in [1.165, 1.54) is 5.56 Å². The normalized spacial score (nSPS) is 11.1. The SMILES string of the molecule is Fc1ccc(-c2ccc(-c3ccccn3)cc2)c(-c2cc(-c3ccccc3-c3ccc(-c4ccccn4)cc3)cc(-c3ccccc3-c3ccc(-c4ccccn4)cc3-c3ccc(-c4ccccc4)cc3)c2)c1. The molecule has 12 rings (SSSR count). The van der Waals surface area contributed by atoms with Gasteiger partial charge in [-0.25, -0.2) is 4.39 Å². The second-order valence-corrected chi connectivity index (χ2v) is 18.1. The van der Waals surface area contributed by atoms with Crippen molar-refractivity contribution in [1.82, 2.24) is 15.0 Å². The topological polar surface area (TPSA) is 38.7 Å². The van der Waals surface area contributed by atoms with Crippen LogP contribution in [0.15, 0.2) is 279 Å². The van der Waals surface area contributed by atoms with Gasteiger partial charge < -0.3 is 0 Å². The lowest BCUT2D eigenvalue weighted by Crippen LogP contribution is -1.94. The Hall–Kier alpha value is -9.64. The zero-order valence-electron chi connectivity index (χ0n) is 39.8. The van der Waals surface area contributed by atoms with Gasteiger partial charge in [0.25, 0.3) is 0 Å². The summed E-state index contributed by atoms with van der Waals surface area (Å²) < 4.78 is 15.9. The molecule has 0 aliphatic rings. The molecule has 73 heavy (non-hydrogen) atoms. The molecule has 0 saturated heterocycles. The Morgan fingerprint density at radius 1 is 0.192 bits per heavy atom. The molecule has 0 fully saturated rings. The van der Waals surface area contributed by atoms with Crippen LogP contribution in [0.25, 0.3) is 123 Å². The van der Waals surface area contributed by atoms with Crippen molar-refractivity contribution in [1.29, 1.82) is 0 Å². The zero-order valence-corrected chi connectivity index (χ0v) is 39.8. The minimum Gasteiger partial charge on any atom is -0.256 e. The van der Waals surface area contributed by atoms with Gasteiger partial charge in [0.05, 0.1) is 17.1 Å². The highest BCUT2D eigenvalue weighted by atomic mass is 19.1. The second kappa shape index (κ2) is 20.0. The molecule has 4 heteroatoms. The highest BCUT2D eigenvalue weighted by molar-refractivity contribution is 5.97. The average Bonchev–Trinajstić information content (AvgIpc) is 3.48. The number of rotatable bonds is 11. The van der Waals surface area contributed by atoms with Gasteiger partial charge in [-0.15, -0.1) is 0 Å². The van der Waals surface area contributed by atoms with Crippen molar-refractivity contribution in [3.63, 3.8) is 0 Å². The summed E-state index contributed by atoms with van der Waals surface area (Å²) in [5.41, 5.74) is 22.4. The van der Waals surface area contributed by atoms with Crippen LogP contribution < -0.4 is 0 Å². The van der Waals surface area contributed by atoms with Crippen LogP contribution in [0.5, 0.6) is 0 Å². The first-order valence-corrected chi connectivity index (χ1v) is 24.5. The molecule has 0 N–H and O–H groups in total. The molecule has 9 aromatic carbocycles. The summed E-state index contributed by atoms with van der Waals surface area (Å²) in [5, 5.41) is 0. The van der Waals surface area contributed by atoms with Gasteiger partial charge in [0.15, 0.2) is 0 Å². The van der Waals surface area contributed by atoms with Crippen molar-refractivity contribution in [3.8, 4) is 123 Å². The largest absolute Gasteiger partial charge is 0.256 e. The van der Waals surface area contributed by atoms with Crippen molar-refractivity contribution in [2.24, 2.45) is 0 Å². The number of hydrogen-bond acceptors (Lipinski definition) is 3. The van der Waals surface area contributed by atoms with Gasteiger partial charge in [0.1, 0.15) is 5.82 Å². The smallest absolute Gasteiger partial charge is 0.123 e. The first-order valence-electron chi connectivity index (χ1n) is 24.5. The second-order valence-electron chi connectivity index (χ2n) is 18.1. The van der Waals surface area contributed by atoms with E-state index in [0.717, 1.165) is 117 Å². The molecule has 0 amide bonds. The summed E-state index contributed by atoms with van der Waals surface area (Å²) in [6.45, 7) is 0. The Labute approximate surface area is 425 Å². The predicted molar refractivity (Wildman–Crippen MR) is 300 cm³/mol. The molecule has 0 unspecified atom stereocenters. The summed E-state index contributed by atoms with van der Waals surface area (Å²) >= 11 is 0. The number of nitrogens with zero attached hydrogens (tertiary/aromatic N) is 3. The summed E-state index contributed by atoms with van der Waals surface area (Å²) in [4.78, 5) is 13.9. The van der Waals surface area contributed by atoms with Gasteiger partial charge in [0.2, 0.25) is 0 Å². The van der Waals surface area contributed by atoms with Crippen molar-refractivity contribution in [2.75, 3.05) is 0 Å². The van der Waals surface area contributed by atoms with Gasteiger partial charge in [0, 0.05) is 35.3 Å². The Balaban J connectivity index is 1.04. The van der Waals surface area contributed by atoms with Crippen molar-refractivity contribution in [3.05, 3.63) is 285 Å². The quantitative estimate of drug-likeness (QED) is 0.130. The molecule has 0 aliphatic carbocycles. The molecule has 0 bridgehead atoms. The highest BCUT2D eigenvalue weighted by Crippen LogP contribution is 2.45. The van der Waals surface area contributed by atoms with E-state index in [0.29, 0.717) is 0 Å². The van der Waals surface area contributed by atoms with E-state index in [4.69, 9.17) is 4.98 Å². The molecule has 12 aromatic rings. The molecule has 0 radical (unpaired) electrons. The fourth-order valence-corrected chi connectivity index (χ4v) is 9.95. The lowest BCUT2D eigenvalue weighted by molar-refractivity contribution is 0.628. The van der Waals surface area contributed by atoms with Gasteiger partial charge in [-0.05, 0) is 162 Å². The van der Waals surface area contributed by atoms with Crippen LogP contribution in [0, 0.1) is 5.82 Å². The van der Waals surface area contributed by atoms with E-state index in [1.54, 1.807) is 18.3 Å². The third kappa shape index (κ3) is 9.29. The molecule has 0 spiro atoms. The number of hydrogen-bond donors (Lipinski definition) is 0. The van der Waals surface area contributed by atoms with Gasteiger partial charge in [-0.1, -0.05) is 188 Å². The van der Waals surface area contributed by atoms with Crippen molar-refractivity contribution < 1.29 is 4.39 Å². The average molecular weight is 936 g/mol. The van der Waals surface area contributed by atoms with E-state index in [1.807, 2.05) is 73.1 Å². The van der Waals surface area contributed by atoms with Gasteiger partial charge >= 0.3 is 0 Å². The van der Waals surface area contributed by atoms with Crippen LogP contribution in [-0.2, 0) is 0 Å². The van der Waals surface area contributed by atoms with E-state index in [-0.39, 0.29) is 5.82 Å². The molecular weight excluding hydrogens is 890 g/mol. The van der Waals surface area contributed by atoms with Crippen LogP contribution in [0.2, 0.25) is 0 Å². The van der Waals surface area contributed by atoms with E-state index in [9.17, 15) is 0 Å². The zero-order chi connectivity index (χ0) is 48.9. The first kappa shape index (κ1) is 44.6. The van der Waals surface area contributed by atoms with E-state index < -0.39 is 0 Å². The molecule has 3 aromatic heterocycles. The summed E-state index contributed by atoms with van der Waals surface area (Å²) in [6.07, 6.45) is 5.47. The van der Waals surface area contributed by atoms with E-state index in [2.05, 4.69) is 198 Å². The number of aromatic nitrogens is 3. The van der Waals surface area contributed by atoms with Gasteiger partial charge in [-0.2, -0.15) is 0 Å². The lowest BCUT2D eigenvalue weighted by Gasteiger charge is -2.19. The summed E-state index contributed by atoms with van der Waals surface area (Å²) in [6, 6.07) is 90.0. The maximum atomic E-state index is 15.9. The maximum absolute atomic E-state index is 15.9. The molecule has 0 saturated carbocycles. The van der Waals surface area contributed by atoms with Crippen LogP contribution in [0.1, 0.15) is 0 Å². The third-order valence-electron chi connectivity index (χ3n) is 13.6. The van der Waals surface area contributed by atoms with Crippen LogP contribution >= 0.6 is 0 Å². The Morgan fingerprint density at radius 3 is 1.04 bits per heavy atom. The van der Waals surface area contributed by atoms with Gasteiger partial charge in [-0.3, -0.25) is 15.0 Å². The van der Waals surface area contributed by atoms with Crippen molar-refractivity contribution in [2.45, 2.75) is 0 Å². The molecule has 3 heterocycles. The summed E-state index contributed by atoms with van der Waals surface area (Å²) in [7, 11) is 0. The molecule has 344 valence electrons. The van der Waals surface area contributed by atoms with Crippen molar-refractivity contribution >= 4 is 0 Å². The lowest BCUT2D eigenvalue weighted by atomic mass is 9.84. The molecule has 3 nitrogen and oxygen atoms in total. The molecule has 0 atom stereocenters. The third-order valence-corrected chi connectivity index (χ3v) is 13.6. The number of pyridine rings is 3. The molecular formula is C69H46FN3. The Kier molecular flexibility index (Phi) is 12.2. The number of benzene rings is 9. The van der Waals surface area contributed by atoms with E-state index >= 15 is 4.39 Å². The Bertz CT molecular complexity index is 3860. The predicted octanol–water partition coefficient (Wildman–Crippen LogP) is 18.3. The maximum Gasteiger partial charge on any atom is 0.123 e. The number of halogens is 1. The van der Waals surface area contributed by atoms with Crippen LogP contribution in [0.4, 0.5) is 4.39 Å². The first-order chi connectivity index (χ1) is 36.1. The fraction of sp³-hybridized carbons (Fsp3) is 0.